The first kappa shape index (κ1) is 27.1. The van der Waals surface area contributed by atoms with E-state index in [2.05, 4.69) is 10.6 Å². The molecular weight excluding hydrogens is 474 g/mol. The third-order valence-electron chi connectivity index (χ3n) is 6.58. The quantitative estimate of drug-likeness (QED) is 0.450. The molecule has 2 N–H and O–H groups in total. The Hall–Kier alpha value is -2.49. The average Bonchev–Trinajstić information content (AvgIpc) is 3.40. The van der Waals surface area contributed by atoms with Gasteiger partial charge in [0.2, 0.25) is 6.23 Å². The number of carbonyl (C=O) groups excluding carboxylic acids is 4. The van der Waals surface area contributed by atoms with Gasteiger partial charge >= 0.3 is 17.9 Å². The number of hydrogen-bond acceptors (Lipinski definition) is 6. The summed E-state index contributed by atoms with van der Waals surface area (Å²) in [4.78, 5) is 52.6. The molecule has 2 aliphatic heterocycles. The van der Waals surface area contributed by atoms with E-state index in [4.69, 9.17) is 21.1 Å². The molecule has 1 aromatic rings. The van der Waals surface area contributed by atoms with Crippen molar-refractivity contribution >= 4 is 35.4 Å². The van der Waals surface area contributed by atoms with E-state index in [1.165, 1.54) is 0 Å². The summed E-state index contributed by atoms with van der Waals surface area (Å²) in [5.74, 6) is -1.37. The zero-order chi connectivity index (χ0) is 26.0. The van der Waals surface area contributed by atoms with Crippen molar-refractivity contribution in [3.63, 3.8) is 0 Å². The highest BCUT2D eigenvalue weighted by atomic mass is 35.5. The minimum absolute atomic E-state index is 0.0324. The van der Waals surface area contributed by atoms with Crippen molar-refractivity contribution in [2.45, 2.75) is 72.3 Å². The predicted molar refractivity (Wildman–Crippen MR) is 130 cm³/mol. The van der Waals surface area contributed by atoms with Gasteiger partial charge in [0.15, 0.2) is 6.04 Å². The molecule has 0 aromatic heterocycles. The van der Waals surface area contributed by atoms with Gasteiger partial charge in [-0.2, -0.15) is 4.48 Å². The van der Waals surface area contributed by atoms with Crippen LogP contribution in [0.1, 0.15) is 62.9 Å². The lowest BCUT2D eigenvalue weighted by atomic mass is 9.85. The second-order valence-electron chi connectivity index (χ2n) is 10.2. The lowest BCUT2D eigenvalue weighted by Crippen LogP contribution is -2.68. The Morgan fingerprint density at radius 1 is 1.23 bits per heavy atom. The summed E-state index contributed by atoms with van der Waals surface area (Å²) in [6.07, 6.45) is -0.201. The van der Waals surface area contributed by atoms with Crippen LogP contribution in [0, 0.1) is 12.3 Å². The monoisotopic (exact) mass is 508 g/mol. The number of esters is 1. The second kappa shape index (κ2) is 10.6. The van der Waals surface area contributed by atoms with Crippen LogP contribution in [-0.4, -0.2) is 66.4 Å². The number of ether oxygens (including phenoxy) is 2. The fourth-order valence-electron chi connectivity index (χ4n) is 4.59. The molecule has 0 unspecified atom stereocenters. The number of amides is 4. The maximum atomic E-state index is 14.0. The van der Waals surface area contributed by atoms with Crippen LogP contribution >= 0.6 is 11.6 Å². The minimum Gasteiger partial charge on any atom is -0.439 e. The van der Waals surface area contributed by atoms with Crippen molar-refractivity contribution in [2.24, 2.45) is 5.41 Å². The van der Waals surface area contributed by atoms with Crippen molar-refractivity contribution < 1.29 is 33.1 Å². The van der Waals surface area contributed by atoms with Crippen LogP contribution < -0.4 is 10.6 Å². The van der Waals surface area contributed by atoms with Gasteiger partial charge in [0, 0.05) is 19.4 Å². The SMILES string of the molecule is CCO[C@H]1CC(=O)O[C@H]1NC(=O)[N+]1(C(=O)[C@@H](NC(=O)c2cccc(C)c2Cl)C(C)(C)C)CCCC1. The first-order valence-electron chi connectivity index (χ1n) is 12.0. The van der Waals surface area contributed by atoms with Crippen molar-refractivity contribution in [1.82, 2.24) is 10.6 Å². The molecule has 2 saturated heterocycles. The van der Waals surface area contributed by atoms with Gasteiger partial charge in [0.1, 0.15) is 6.10 Å². The molecule has 4 amide bonds. The Kier molecular flexibility index (Phi) is 8.24. The molecule has 0 saturated carbocycles. The predicted octanol–water partition coefficient (Wildman–Crippen LogP) is 3.32. The van der Waals surface area contributed by atoms with Crippen molar-refractivity contribution in [1.29, 1.82) is 0 Å². The first-order valence-corrected chi connectivity index (χ1v) is 12.4. The molecule has 9 nitrogen and oxygen atoms in total. The van der Waals surface area contributed by atoms with Gasteiger partial charge in [-0.05, 0) is 30.9 Å². The molecular formula is C25H35ClN3O6+. The van der Waals surface area contributed by atoms with Crippen molar-refractivity contribution in [3.05, 3.63) is 34.3 Å². The Morgan fingerprint density at radius 2 is 1.89 bits per heavy atom. The highest BCUT2D eigenvalue weighted by Gasteiger charge is 2.54. The Morgan fingerprint density at radius 3 is 2.49 bits per heavy atom. The lowest BCUT2D eigenvalue weighted by Gasteiger charge is -2.37. The Bertz CT molecular complexity index is 999. The van der Waals surface area contributed by atoms with E-state index < -0.39 is 52.1 Å². The van der Waals surface area contributed by atoms with Gasteiger partial charge in [-0.15, -0.1) is 0 Å². The number of hydrogen-bond donors (Lipinski definition) is 2. The van der Waals surface area contributed by atoms with Crippen molar-refractivity contribution in [3.8, 4) is 0 Å². The van der Waals surface area contributed by atoms with Crippen LogP contribution in [0.5, 0.6) is 0 Å². The van der Waals surface area contributed by atoms with Gasteiger partial charge < -0.3 is 14.8 Å². The standard InChI is InChI=1S/C25H34ClN3O6/c1-6-34-17-14-18(30)35-22(17)28-24(33)29(12-7-8-13-29)23(32)20(25(3,4)5)27-21(31)16-11-9-10-15(2)19(16)26/h9-11,17,20,22H,6-8,12-14H2,1-5H3,(H-,27,28,31,33)/p+1/t17-,20+,22+/m0/s1. The fraction of sp³-hybridized carbons (Fsp3) is 0.600. The third kappa shape index (κ3) is 5.68. The van der Waals surface area contributed by atoms with Crippen LogP contribution in [-0.2, 0) is 19.1 Å². The molecule has 3 rings (SSSR count). The van der Waals surface area contributed by atoms with Gasteiger partial charge in [-0.1, -0.05) is 44.5 Å². The molecule has 0 spiro atoms. The van der Waals surface area contributed by atoms with E-state index in [1.54, 1.807) is 32.0 Å². The molecule has 192 valence electrons. The number of quaternary nitrogens is 1. The van der Waals surface area contributed by atoms with Crippen LogP contribution in [0.25, 0.3) is 0 Å². The molecule has 1 aromatic carbocycles. The average molecular weight is 509 g/mol. The van der Waals surface area contributed by atoms with Crippen LogP contribution in [0.4, 0.5) is 4.79 Å². The molecule has 0 aliphatic carbocycles. The number of cyclic esters (lactones) is 1. The maximum absolute atomic E-state index is 14.0. The highest BCUT2D eigenvalue weighted by Crippen LogP contribution is 2.30. The number of likely N-dealkylation sites (tertiary alicyclic amines) is 1. The Labute approximate surface area is 211 Å². The normalized spacial score (nSPS) is 22.4. The summed E-state index contributed by atoms with van der Waals surface area (Å²) in [6.45, 7) is 10.0. The number of aryl methyl sites for hydroxylation is 1. The van der Waals surface area contributed by atoms with Gasteiger partial charge in [-0.3, -0.25) is 14.9 Å². The van der Waals surface area contributed by atoms with Crippen LogP contribution in [0.2, 0.25) is 5.02 Å². The second-order valence-corrected chi connectivity index (χ2v) is 10.6. The minimum atomic E-state index is -0.968. The summed E-state index contributed by atoms with van der Waals surface area (Å²) in [5, 5.41) is 5.89. The number of urea groups is 1. The zero-order valence-electron chi connectivity index (χ0n) is 21.0. The highest BCUT2D eigenvalue weighted by molar-refractivity contribution is 6.34. The topological polar surface area (TPSA) is 111 Å². The largest absolute Gasteiger partial charge is 0.439 e. The van der Waals surface area contributed by atoms with Crippen LogP contribution in [0.3, 0.4) is 0 Å². The summed E-state index contributed by atoms with van der Waals surface area (Å²) in [6, 6.07) is 3.59. The number of nitrogens with one attached hydrogen (secondary N) is 2. The summed E-state index contributed by atoms with van der Waals surface area (Å²) < 4.78 is 10.3. The summed E-state index contributed by atoms with van der Waals surface area (Å²) in [7, 11) is 0. The number of carbonyl (C=O) groups is 4. The fourth-order valence-corrected chi connectivity index (χ4v) is 4.80. The Balaban J connectivity index is 1.88. The molecule has 35 heavy (non-hydrogen) atoms. The van der Waals surface area contributed by atoms with E-state index in [0.717, 1.165) is 5.56 Å². The molecule has 0 radical (unpaired) electrons. The molecule has 2 aliphatic rings. The molecule has 3 atom stereocenters. The van der Waals surface area contributed by atoms with Gasteiger partial charge in [0.25, 0.3) is 5.91 Å². The van der Waals surface area contributed by atoms with Gasteiger partial charge in [0.05, 0.1) is 30.1 Å². The number of nitrogens with zero attached hydrogens (tertiary/aromatic N) is 1. The number of halogens is 1. The number of rotatable bonds is 6. The van der Waals surface area contributed by atoms with Crippen LogP contribution in [0.15, 0.2) is 18.2 Å². The summed E-state index contributed by atoms with van der Waals surface area (Å²) >= 11 is 6.35. The smallest absolute Gasteiger partial charge is 0.427 e. The van der Waals surface area contributed by atoms with E-state index in [-0.39, 0.29) is 25.1 Å². The molecule has 2 fully saturated rings. The van der Waals surface area contributed by atoms with Gasteiger partial charge in [-0.25, -0.2) is 9.59 Å². The summed E-state index contributed by atoms with van der Waals surface area (Å²) in [5.41, 5.74) is 0.323. The number of imide groups is 1. The van der Waals surface area contributed by atoms with E-state index in [1.807, 2.05) is 20.8 Å². The van der Waals surface area contributed by atoms with E-state index in [9.17, 15) is 19.2 Å². The third-order valence-corrected chi connectivity index (χ3v) is 7.08. The van der Waals surface area contributed by atoms with Crippen molar-refractivity contribution in [2.75, 3.05) is 19.7 Å². The molecule has 10 heteroatoms. The molecule has 2 heterocycles. The van der Waals surface area contributed by atoms with E-state index in [0.29, 0.717) is 24.5 Å². The van der Waals surface area contributed by atoms with E-state index >= 15 is 0 Å². The zero-order valence-corrected chi connectivity index (χ0v) is 21.7. The first-order chi connectivity index (χ1) is 16.4. The maximum Gasteiger partial charge on any atom is 0.427 e. The molecule has 0 bridgehead atoms. The lowest BCUT2D eigenvalue weighted by molar-refractivity contribution is -0.761. The number of benzene rings is 1.